The summed E-state index contributed by atoms with van der Waals surface area (Å²) in [6.45, 7) is 4.58. The van der Waals surface area contributed by atoms with Gasteiger partial charge in [-0.2, -0.15) is 0 Å². The molecule has 1 N–H and O–H groups in total. The van der Waals surface area contributed by atoms with Crippen LogP contribution in [0.1, 0.15) is 5.56 Å². The lowest BCUT2D eigenvalue weighted by atomic mass is 10.1. The molecule has 28 heavy (non-hydrogen) atoms. The number of hydrogen-bond acceptors (Lipinski definition) is 4. The first-order chi connectivity index (χ1) is 13.7. The number of nitrogens with zero attached hydrogens (tertiary/aromatic N) is 3. The monoisotopic (exact) mass is 396 g/mol. The molecule has 0 saturated heterocycles. The highest BCUT2D eigenvalue weighted by atomic mass is 32.2. The largest absolute Gasteiger partial charge is 0.352 e. The topological polar surface area (TPSA) is 59.8 Å². The summed E-state index contributed by atoms with van der Waals surface area (Å²) in [5.41, 5.74) is 1.56. The second kappa shape index (κ2) is 9.85. The van der Waals surface area contributed by atoms with Gasteiger partial charge < -0.3 is 9.88 Å². The van der Waals surface area contributed by atoms with Crippen LogP contribution in [0.5, 0.6) is 0 Å². The molecule has 7 heteroatoms. The van der Waals surface area contributed by atoms with E-state index in [-0.39, 0.29) is 17.5 Å². The second-order valence-corrected chi connectivity index (χ2v) is 7.00. The number of rotatable bonds is 9. The smallest absolute Gasteiger partial charge is 0.230 e. The van der Waals surface area contributed by atoms with Crippen LogP contribution in [0.4, 0.5) is 4.39 Å². The molecule has 0 spiro atoms. The fourth-order valence-electron chi connectivity index (χ4n) is 2.69. The van der Waals surface area contributed by atoms with Crippen LogP contribution in [0.3, 0.4) is 0 Å². The zero-order valence-corrected chi connectivity index (χ0v) is 16.2. The Balaban J connectivity index is 1.83. The lowest BCUT2D eigenvalue weighted by molar-refractivity contribution is -0.118. The van der Waals surface area contributed by atoms with Crippen molar-refractivity contribution in [3.8, 4) is 11.4 Å². The van der Waals surface area contributed by atoms with Crippen molar-refractivity contribution in [2.75, 3.05) is 12.3 Å². The van der Waals surface area contributed by atoms with Crippen LogP contribution in [0, 0.1) is 5.82 Å². The number of hydrogen-bond donors (Lipinski definition) is 1. The van der Waals surface area contributed by atoms with Crippen LogP contribution < -0.4 is 5.32 Å². The number of thioether (sulfide) groups is 1. The van der Waals surface area contributed by atoms with Crippen LogP contribution in [-0.4, -0.2) is 33.0 Å². The molecule has 1 aromatic heterocycles. The first-order valence-corrected chi connectivity index (χ1v) is 9.90. The summed E-state index contributed by atoms with van der Waals surface area (Å²) in [4.78, 5) is 11.9. The molecule has 2 aromatic carbocycles. The van der Waals surface area contributed by atoms with Gasteiger partial charge in [0.05, 0.1) is 11.3 Å². The van der Waals surface area contributed by atoms with Crippen LogP contribution in [0.25, 0.3) is 11.4 Å². The van der Waals surface area contributed by atoms with Gasteiger partial charge in [0, 0.05) is 13.1 Å². The summed E-state index contributed by atoms with van der Waals surface area (Å²) in [6, 6.07) is 16.5. The third-order valence-corrected chi connectivity index (χ3v) is 5.04. The van der Waals surface area contributed by atoms with Crippen LogP contribution in [0.2, 0.25) is 0 Å². The first-order valence-electron chi connectivity index (χ1n) is 8.91. The van der Waals surface area contributed by atoms with Gasteiger partial charge in [-0.1, -0.05) is 60.3 Å². The van der Waals surface area contributed by atoms with Crippen molar-refractivity contribution in [3.05, 3.63) is 78.6 Å². The second-order valence-electron chi connectivity index (χ2n) is 6.05. The van der Waals surface area contributed by atoms with Crippen molar-refractivity contribution in [1.82, 2.24) is 20.1 Å². The lowest BCUT2D eigenvalue weighted by Crippen LogP contribution is -2.25. The number of carbonyl (C=O) groups is 1. The molecule has 3 rings (SSSR count). The molecule has 1 heterocycles. The maximum absolute atomic E-state index is 14.3. The minimum Gasteiger partial charge on any atom is -0.352 e. The van der Waals surface area contributed by atoms with Crippen LogP contribution >= 0.6 is 11.8 Å². The van der Waals surface area contributed by atoms with Gasteiger partial charge in [0.2, 0.25) is 5.91 Å². The molecular formula is C21H21FN4OS. The predicted octanol–water partition coefficient (Wildman–Crippen LogP) is 3.72. The molecule has 0 unspecified atom stereocenters. The highest BCUT2D eigenvalue weighted by molar-refractivity contribution is 7.99. The van der Waals surface area contributed by atoms with Crippen LogP contribution in [0.15, 0.2) is 72.4 Å². The Hall–Kier alpha value is -2.93. The number of benzene rings is 2. The standard InChI is InChI=1S/C21H21FN4OS/c1-2-13-23-19(27)15-28-21-25-24-20(17-10-6-7-11-18(17)22)26(21)14-12-16-8-4-3-5-9-16/h2-11H,1,12-15H2,(H,23,27). The number of halogens is 1. The molecule has 1 amide bonds. The van der Waals surface area contributed by atoms with E-state index in [1.807, 2.05) is 34.9 Å². The minimum atomic E-state index is -0.351. The molecule has 5 nitrogen and oxygen atoms in total. The number of nitrogens with one attached hydrogen (secondary N) is 1. The molecule has 0 aliphatic rings. The van der Waals surface area contributed by atoms with E-state index in [4.69, 9.17) is 0 Å². The average molecular weight is 396 g/mol. The molecule has 0 aliphatic heterocycles. The summed E-state index contributed by atoms with van der Waals surface area (Å²) < 4.78 is 16.2. The Morgan fingerprint density at radius 2 is 1.89 bits per heavy atom. The van der Waals surface area contributed by atoms with E-state index >= 15 is 0 Å². The molecule has 0 bridgehead atoms. The Morgan fingerprint density at radius 1 is 1.14 bits per heavy atom. The molecule has 144 valence electrons. The third kappa shape index (κ3) is 5.07. The van der Waals surface area contributed by atoms with Crippen molar-refractivity contribution in [3.63, 3.8) is 0 Å². The fourth-order valence-corrected chi connectivity index (χ4v) is 3.49. The van der Waals surface area contributed by atoms with Crippen molar-refractivity contribution < 1.29 is 9.18 Å². The van der Waals surface area contributed by atoms with Crippen molar-refractivity contribution in [2.24, 2.45) is 0 Å². The van der Waals surface area contributed by atoms with Crippen LogP contribution in [-0.2, 0) is 17.8 Å². The summed E-state index contributed by atoms with van der Waals surface area (Å²) in [6.07, 6.45) is 2.37. The van der Waals surface area contributed by atoms with Gasteiger partial charge in [0.25, 0.3) is 0 Å². The maximum Gasteiger partial charge on any atom is 0.230 e. The van der Waals surface area contributed by atoms with Gasteiger partial charge in [-0.05, 0) is 24.1 Å². The highest BCUT2D eigenvalue weighted by Gasteiger charge is 2.18. The minimum absolute atomic E-state index is 0.116. The summed E-state index contributed by atoms with van der Waals surface area (Å²) >= 11 is 1.28. The van der Waals surface area contributed by atoms with E-state index in [1.165, 1.54) is 17.8 Å². The van der Waals surface area contributed by atoms with E-state index in [1.54, 1.807) is 24.3 Å². The van der Waals surface area contributed by atoms with E-state index < -0.39 is 0 Å². The zero-order valence-electron chi connectivity index (χ0n) is 15.3. The fraction of sp³-hybridized carbons (Fsp3) is 0.190. The Kier molecular flexibility index (Phi) is 6.97. The number of aromatic nitrogens is 3. The van der Waals surface area contributed by atoms with Crippen molar-refractivity contribution in [1.29, 1.82) is 0 Å². The van der Waals surface area contributed by atoms with E-state index in [0.717, 1.165) is 12.0 Å². The third-order valence-electron chi connectivity index (χ3n) is 4.07. The van der Waals surface area contributed by atoms with Gasteiger partial charge in [-0.25, -0.2) is 4.39 Å². The van der Waals surface area contributed by atoms with Crippen molar-refractivity contribution >= 4 is 17.7 Å². The lowest BCUT2D eigenvalue weighted by Gasteiger charge is -2.11. The van der Waals surface area contributed by atoms with Gasteiger partial charge in [-0.3, -0.25) is 4.79 Å². The number of aryl methyl sites for hydroxylation is 1. The van der Waals surface area contributed by atoms with Gasteiger partial charge in [-0.15, -0.1) is 16.8 Å². The molecule has 3 aromatic rings. The van der Waals surface area contributed by atoms with E-state index in [2.05, 4.69) is 22.1 Å². The van der Waals surface area contributed by atoms with Gasteiger partial charge >= 0.3 is 0 Å². The molecule has 0 atom stereocenters. The predicted molar refractivity (Wildman–Crippen MR) is 109 cm³/mol. The first kappa shape index (κ1) is 19.8. The number of carbonyl (C=O) groups excluding carboxylic acids is 1. The van der Waals surface area contributed by atoms with Crippen molar-refractivity contribution in [2.45, 2.75) is 18.1 Å². The number of amides is 1. The highest BCUT2D eigenvalue weighted by Crippen LogP contribution is 2.26. The molecule has 0 saturated carbocycles. The molecular weight excluding hydrogens is 375 g/mol. The average Bonchev–Trinajstić information content (AvgIpc) is 3.12. The van der Waals surface area contributed by atoms with Gasteiger partial charge in [0.15, 0.2) is 11.0 Å². The summed E-state index contributed by atoms with van der Waals surface area (Å²) in [7, 11) is 0. The van der Waals surface area contributed by atoms with Gasteiger partial charge in [0.1, 0.15) is 5.82 Å². The molecule has 0 radical (unpaired) electrons. The summed E-state index contributed by atoms with van der Waals surface area (Å²) in [5, 5.41) is 11.7. The SMILES string of the molecule is C=CCNC(=O)CSc1nnc(-c2ccccc2F)n1CCc1ccccc1. The molecule has 0 aliphatic carbocycles. The Morgan fingerprint density at radius 3 is 2.64 bits per heavy atom. The maximum atomic E-state index is 14.3. The normalized spacial score (nSPS) is 10.6. The Bertz CT molecular complexity index is 943. The summed E-state index contributed by atoms with van der Waals surface area (Å²) in [5.74, 6) is 0.198. The quantitative estimate of drug-likeness (QED) is 0.442. The Labute approximate surface area is 167 Å². The van der Waals surface area contributed by atoms with E-state index in [9.17, 15) is 9.18 Å². The zero-order chi connectivity index (χ0) is 19.8. The van der Waals surface area contributed by atoms with E-state index in [0.29, 0.717) is 29.6 Å². The molecule has 0 fully saturated rings.